The van der Waals surface area contributed by atoms with Crippen LogP contribution >= 0.6 is 0 Å². The lowest BCUT2D eigenvalue weighted by Gasteiger charge is -2.32. The van der Waals surface area contributed by atoms with Crippen molar-refractivity contribution >= 4 is 11.6 Å². The van der Waals surface area contributed by atoms with Gasteiger partial charge < -0.3 is 4.74 Å². The number of hydrogen-bond acceptors (Lipinski definition) is 3. The number of rotatable bonds is 1. The van der Waals surface area contributed by atoms with Gasteiger partial charge in [0.15, 0.2) is 0 Å². The number of carbonyl (C=O) groups is 2. The van der Waals surface area contributed by atoms with Gasteiger partial charge in [0.2, 0.25) is 0 Å². The molecule has 1 aliphatic heterocycles. The number of hydrogen-bond donors (Lipinski definition) is 0. The van der Waals surface area contributed by atoms with E-state index in [4.69, 9.17) is 4.74 Å². The minimum Gasteiger partial charge on any atom is -0.374 e. The standard InChI is InChI=1S/C9H14O3/c1-6(10)7-5-12-9(2,3)4-8(7)11/h7H,4-5H2,1-3H3. The van der Waals surface area contributed by atoms with E-state index in [1.165, 1.54) is 6.92 Å². The first-order valence-electron chi connectivity index (χ1n) is 4.09. The van der Waals surface area contributed by atoms with Crippen LogP contribution in [0.5, 0.6) is 0 Å². The van der Waals surface area contributed by atoms with Gasteiger partial charge in [-0.15, -0.1) is 0 Å². The monoisotopic (exact) mass is 170 g/mol. The van der Waals surface area contributed by atoms with Crippen molar-refractivity contribution in [2.75, 3.05) is 6.61 Å². The smallest absolute Gasteiger partial charge is 0.148 e. The summed E-state index contributed by atoms with van der Waals surface area (Å²) >= 11 is 0. The maximum atomic E-state index is 11.4. The van der Waals surface area contributed by atoms with Gasteiger partial charge in [-0.25, -0.2) is 0 Å². The van der Waals surface area contributed by atoms with E-state index in [2.05, 4.69) is 0 Å². The molecule has 1 aliphatic rings. The highest BCUT2D eigenvalue weighted by Crippen LogP contribution is 2.24. The van der Waals surface area contributed by atoms with Gasteiger partial charge in [0.05, 0.1) is 18.1 Å². The van der Waals surface area contributed by atoms with Crippen LogP contribution in [-0.2, 0) is 14.3 Å². The molecular formula is C9H14O3. The van der Waals surface area contributed by atoms with Gasteiger partial charge in [-0.1, -0.05) is 0 Å². The molecule has 1 saturated heterocycles. The first-order chi connectivity index (χ1) is 5.42. The molecule has 0 spiro atoms. The fourth-order valence-electron chi connectivity index (χ4n) is 1.34. The maximum absolute atomic E-state index is 11.4. The Hall–Kier alpha value is -0.700. The van der Waals surface area contributed by atoms with Crippen molar-refractivity contribution in [2.24, 2.45) is 5.92 Å². The second kappa shape index (κ2) is 2.98. The highest BCUT2D eigenvalue weighted by Gasteiger charge is 2.36. The molecule has 1 unspecified atom stereocenters. The summed E-state index contributed by atoms with van der Waals surface area (Å²) < 4.78 is 5.37. The third-order valence-electron chi connectivity index (χ3n) is 2.12. The third kappa shape index (κ3) is 1.91. The van der Waals surface area contributed by atoms with Gasteiger partial charge in [-0.05, 0) is 20.8 Å². The molecule has 0 bridgehead atoms. The van der Waals surface area contributed by atoms with E-state index in [1.54, 1.807) is 0 Å². The summed E-state index contributed by atoms with van der Waals surface area (Å²) in [7, 11) is 0. The van der Waals surface area contributed by atoms with Gasteiger partial charge >= 0.3 is 0 Å². The van der Waals surface area contributed by atoms with Crippen molar-refractivity contribution in [3.63, 3.8) is 0 Å². The Labute approximate surface area is 72.1 Å². The average molecular weight is 170 g/mol. The molecule has 1 fully saturated rings. The van der Waals surface area contributed by atoms with Gasteiger partial charge in [0.1, 0.15) is 11.6 Å². The molecule has 0 aliphatic carbocycles. The van der Waals surface area contributed by atoms with E-state index in [9.17, 15) is 9.59 Å². The molecule has 0 aromatic carbocycles. The lowest BCUT2D eigenvalue weighted by molar-refractivity contribution is -0.150. The Morgan fingerprint density at radius 2 is 2.17 bits per heavy atom. The van der Waals surface area contributed by atoms with Crippen LogP contribution in [0.2, 0.25) is 0 Å². The minimum absolute atomic E-state index is 0.0127. The summed E-state index contributed by atoms with van der Waals surface area (Å²) in [4.78, 5) is 22.3. The number of carbonyl (C=O) groups excluding carboxylic acids is 2. The van der Waals surface area contributed by atoms with E-state index in [0.29, 0.717) is 6.42 Å². The van der Waals surface area contributed by atoms with Crippen LogP contribution in [0.3, 0.4) is 0 Å². The van der Waals surface area contributed by atoms with Crippen molar-refractivity contribution in [2.45, 2.75) is 32.8 Å². The van der Waals surface area contributed by atoms with Crippen LogP contribution in [0.4, 0.5) is 0 Å². The van der Waals surface area contributed by atoms with Crippen LogP contribution in [0.15, 0.2) is 0 Å². The highest BCUT2D eigenvalue weighted by molar-refractivity contribution is 6.02. The molecule has 3 heteroatoms. The Kier molecular flexibility index (Phi) is 2.33. The topological polar surface area (TPSA) is 43.4 Å². The molecule has 0 saturated carbocycles. The lowest BCUT2D eigenvalue weighted by Crippen LogP contribution is -2.42. The Morgan fingerprint density at radius 3 is 2.58 bits per heavy atom. The average Bonchev–Trinajstić information content (AvgIpc) is 1.83. The predicted octanol–water partition coefficient (Wildman–Crippen LogP) is 0.960. The summed E-state index contributed by atoms with van der Waals surface area (Å²) in [5, 5.41) is 0. The summed E-state index contributed by atoms with van der Waals surface area (Å²) in [5.74, 6) is -0.590. The summed E-state index contributed by atoms with van der Waals surface area (Å²) in [6.45, 7) is 5.41. The van der Waals surface area contributed by atoms with Crippen molar-refractivity contribution in [3.05, 3.63) is 0 Å². The zero-order valence-electron chi connectivity index (χ0n) is 7.72. The van der Waals surface area contributed by atoms with Crippen LogP contribution in [-0.4, -0.2) is 23.8 Å². The van der Waals surface area contributed by atoms with Gasteiger partial charge in [0, 0.05) is 6.42 Å². The number of ether oxygens (including phenoxy) is 1. The van der Waals surface area contributed by atoms with Gasteiger partial charge in [-0.2, -0.15) is 0 Å². The van der Waals surface area contributed by atoms with Crippen molar-refractivity contribution < 1.29 is 14.3 Å². The van der Waals surface area contributed by atoms with E-state index in [1.807, 2.05) is 13.8 Å². The largest absolute Gasteiger partial charge is 0.374 e. The molecule has 68 valence electrons. The van der Waals surface area contributed by atoms with Crippen LogP contribution < -0.4 is 0 Å². The zero-order chi connectivity index (χ0) is 9.35. The molecule has 0 radical (unpaired) electrons. The van der Waals surface area contributed by atoms with Crippen LogP contribution in [0, 0.1) is 5.92 Å². The minimum atomic E-state index is -0.516. The quantitative estimate of drug-likeness (QED) is 0.550. The molecule has 1 atom stereocenters. The van der Waals surface area contributed by atoms with Crippen molar-refractivity contribution in [1.82, 2.24) is 0 Å². The van der Waals surface area contributed by atoms with E-state index in [-0.39, 0.29) is 23.8 Å². The Morgan fingerprint density at radius 1 is 1.58 bits per heavy atom. The summed E-state index contributed by atoms with van der Waals surface area (Å²) in [6, 6.07) is 0. The van der Waals surface area contributed by atoms with Crippen molar-refractivity contribution in [1.29, 1.82) is 0 Å². The first kappa shape index (κ1) is 9.39. The zero-order valence-corrected chi connectivity index (χ0v) is 7.72. The highest BCUT2D eigenvalue weighted by atomic mass is 16.5. The maximum Gasteiger partial charge on any atom is 0.148 e. The molecule has 12 heavy (non-hydrogen) atoms. The predicted molar refractivity (Wildman–Crippen MR) is 43.8 cm³/mol. The molecule has 0 aromatic heterocycles. The van der Waals surface area contributed by atoms with E-state index < -0.39 is 5.92 Å². The number of Topliss-reactive ketones (excluding diaryl/α,β-unsaturated/α-hetero) is 2. The fourth-order valence-corrected chi connectivity index (χ4v) is 1.34. The summed E-state index contributed by atoms with van der Waals surface area (Å²) in [5.41, 5.74) is -0.386. The van der Waals surface area contributed by atoms with E-state index >= 15 is 0 Å². The number of ketones is 2. The molecule has 1 heterocycles. The third-order valence-corrected chi connectivity index (χ3v) is 2.12. The summed E-state index contributed by atoms with van der Waals surface area (Å²) in [6.07, 6.45) is 0.344. The molecule has 0 N–H and O–H groups in total. The molecule has 1 rings (SSSR count). The van der Waals surface area contributed by atoms with Gasteiger partial charge in [-0.3, -0.25) is 9.59 Å². The molecular weight excluding hydrogens is 156 g/mol. The van der Waals surface area contributed by atoms with Crippen molar-refractivity contribution in [3.8, 4) is 0 Å². The second-order valence-electron chi connectivity index (χ2n) is 3.88. The molecule has 0 aromatic rings. The Bertz CT molecular complexity index is 218. The van der Waals surface area contributed by atoms with Crippen LogP contribution in [0.1, 0.15) is 27.2 Å². The normalized spacial score (nSPS) is 28.6. The van der Waals surface area contributed by atoms with Crippen LogP contribution in [0.25, 0.3) is 0 Å². The van der Waals surface area contributed by atoms with Gasteiger partial charge in [0.25, 0.3) is 0 Å². The molecule has 3 nitrogen and oxygen atoms in total. The van der Waals surface area contributed by atoms with E-state index in [0.717, 1.165) is 0 Å². The Balaban J connectivity index is 2.66. The SMILES string of the molecule is CC(=O)C1COC(C)(C)CC1=O. The lowest BCUT2D eigenvalue weighted by atomic mass is 9.88. The first-order valence-corrected chi connectivity index (χ1v) is 4.09. The fraction of sp³-hybridized carbons (Fsp3) is 0.778. The molecule has 0 amide bonds. The second-order valence-corrected chi connectivity index (χ2v) is 3.88.